The second-order valence-corrected chi connectivity index (χ2v) is 7.17. The van der Waals surface area contributed by atoms with Gasteiger partial charge in [0.25, 0.3) is 5.91 Å². The number of aromatic nitrogens is 2. The number of fused-ring (bicyclic) bond motifs is 2. The molecule has 1 aliphatic heterocycles. The van der Waals surface area contributed by atoms with Crippen molar-refractivity contribution in [1.82, 2.24) is 20.6 Å². The maximum atomic E-state index is 12.5. The van der Waals surface area contributed by atoms with E-state index in [0.717, 1.165) is 33.4 Å². The van der Waals surface area contributed by atoms with E-state index in [1.165, 1.54) is 0 Å². The van der Waals surface area contributed by atoms with Gasteiger partial charge >= 0.3 is 0 Å². The van der Waals surface area contributed by atoms with Gasteiger partial charge in [0.15, 0.2) is 0 Å². The van der Waals surface area contributed by atoms with E-state index in [4.69, 9.17) is 0 Å². The largest absolute Gasteiger partial charge is 0.508 e. The van der Waals surface area contributed by atoms with Crippen molar-refractivity contribution < 1.29 is 9.90 Å². The summed E-state index contributed by atoms with van der Waals surface area (Å²) in [4.78, 5) is 20.3. The Morgan fingerprint density at radius 2 is 1.90 bits per heavy atom. The Morgan fingerprint density at radius 3 is 2.76 bits per heavy atom. The fourth-order valence-corrected chi connectivity index (χ4v) is 4.02. The quantitative estimate of drug-likeness (QED) is 0.425. The van der Waals surface area contributed by atoms with Crippen molar-refractivity contribution in [3.63, 3.8) is 0 Å². The summed E-state index contributed by atoms with van der Waals surface area (Å²) in [5.74, 6) is 0.0302. The van der Waals surface area contributed by atoms with Gasteiger partial charge in [-0.1, -0.05) is 24.3 Å². The fraction of sp³-hybridized carbons (Fsp3) is 0.130. The number of hydrogen-bond acceptors (Lipinski definition) is 4. The molecule has 0 radical (unpaired) electrons. The van der Waals surface area contributed by atoms with Crippen LogP contribution in [0.15, 0.2) is 66.9 Å². The monoisotopic (exact) mass is 384 g/mol. The van der Waals surface area contributed by atoms with Crippen LogP contribution in [0.1, 0.15) is 38.9 Å². The molecular weight excluding hydrogens is 364 g/mol. The van der Waals surface area contributed by atoms with Crippen LogP contribution in [0.4, 0.5) is 0 Å². The Kier molecular flexibility index (Phi) is 4.26. The average molecular weight is 384 g/mol. The molecule has 4 aromatic rings. The molecule has 6 heteroatoms. The van der Waals surface area contributed by atoms with Gasteiger partial charge in [-0.15, -0.1) is 0 Å². The Hall–Kier alpha value is -3.64. The number of para-hydroxylation sites is 1. The maximum absolute atomic E-state index is 12.5. The number of amides is 1. The highest BCUT2D eigenvalue weighted by Crippen LogP contribution is 2.38. The summed E-state index contributed by atoms with van der Waals surface area (Å²) in [7, 11) is 0. The highest BCUT2D eigenvalue weighted by atomic mass is 16.3. The Balaban J connectivity index is 1.53. The number of pyridine rings is 1. The van der Waals surface area contributed by atoms with Crippen LogP contribution in [0.25, 0.3) is 10.9 Å². The molecule has 0 bridgehead atoms. The first-order valence-corrected chi connectivity index (χ1v) is 9.54. The second kappa shape index (κ2) is 7.07. The normalized spacial score (nSPS) is 15.4. The Morgan fingerprint density at radius 1 is 1.03 bits per heavy atom. The van der Waals surface area contributed by atoms with E-state index in [1.807, 2.05) is 36.4 Å². The third kappa shape index (κ3) is 3.13. The summed E-state index contributed by atoms with van der Waals surface area (Å²) in [5.41, 5.74) is 5.40. The first-order chi connectivity index (χ1) is 14.2. The number of rotatable bonds is 5. The van der Waals surface area contributed by atoms with Gasteiger partial charge in [0.1, 0.15) is 5.75 Å². The van der Waals surface area contributed by atoms with Crippen molar-refractivity contribution >= 4 is 16.8 Å². The van der Waals surface area contributed by atoms with Crippen molar-refractivity contribution in [2.75, 3.05) is 0 Å². The number of phenols is 1. The molecule has 2 aromatic carbocycles. The fourth-order valence-electron chi connectivity index (χ4n) is 4.02. The van der Waals surface area contributed by atoms with Crippen LogP contribution in [-0.2, 0) is 13.1 Å². The zero-order chi connectivity index (χ0) is 19.8. The summed E-state index contributed by atoms with van der Waals surface area (Å²) < 4.78 is 0. The minimum Gasteiger partial charge on any atom is -0.508 e. The van der Waals surface area contributed by atoms with Crippen LogP contribution in [0.5, 0.6) is 5.75 Å². The minimum atomic E-state index is -0.313. The van der Waals surface area contributed by atoms with E-state index in [-0.39, 0.29) is 17.7 Å². The number of nitrogens with zero attached hydrogens (tertiary/aromatic N) is 1. The highest BCUT2D eigenvalue weighted by molar-refractivity contribution is 6.01. The minimum absolute atomic E-state index is 0.123. The predicted octanol–water partition coefficient (Wildman–Crippen LogP) is 3.39. The molecule has 1 aliphatic rings. The second-order valence-electron chi connectivity index (χ2n) is 7.17. The van der Waals surface area contributed by atoms with Crippen molar-refractivity contribution in [1.29, 1.82) is 0 Å². The summed E-state index contributed by atoms with van der Waals surface area (Å²) >= 11 is 0. The molecule has 6 nitrogen and oxygen atoms in total. The SMILES string of the molecule is O=C1NC(c2c(CNCc3ccccn3)[nH]c3ccccc23)c2cc(O)ccc21. The van der Waals surface area contributed by atoms with Gasteiger partial charge < -0.3 is 20.7 Å². The molecule has 1 amide bonds. The molecule has 3 heterocycles. The number of carbonyl (C=O) groups excluding carboxylic acids is 1. The number of benzene rings is 2. The van der Waals surface area contributed by atoms with Gasteiger partial charge in [-0.25, -0.2) is 0 Å². The van der Waals surface area contributed by atoms with E-state index in [2.05, 4.69) is 26.7 Å². The lowest BCUT2D eigenvalue weighted by molar-refractivity contribution is 0.0960. The van der Waals surface area contributed by atoms with Crippen molar-refractivity contribution in [3.8, 4) is 5.75 Å². The smallest absolute Gasteiger partial charge is 0.252 e. The molecule has 0 saturated heterocycles. The standard InChI is InChI=1S/C23H20N4O2/c28-15-8-9-16-18(11-15)22(27-23(16)29)21-17-6-1-2-7-19(17)26-20(21)13-24-12-14-5-3-4-10-25-14/h1-11,22,24,26,28H,12-13H2,(H,27,29). The number of aromatic amines is 1. The van der Waals surface area contributed by atoms with Gasteiger partial charge in [-0.2, -0.15) is 0 Å². The first kappa shape index (κ1) is 17.5. The molecule has 0 saturated carbocycles. The molecule has 0 fully saturated rings. The highest BCUT2D eigenvalue weighted by Gasteiger charge is 2.33. The third-order valence-electron chi connectivity index (χ3n) is 5.32. The lowest BCUT2D eigenvalue weighted by Gasteiger charge is -2.15. The number of phenolic OH excluding ortho intramolecular Hbond substituents is 1. The van der Waals surface area contributed by atoms with Gasteiger partial charge in [-0.3, -0.25) is 9.78 Å². The van der Waals surface area contributed by atoms with Gasteiger partial charge in [0, 0.05) is 47.0 Å². The molecule has 1 unspecified atom stereocenters. The van der Waals surface area contributed by atoms with Gasteiger partial charge in [0.2, 0.25) is 0 Å². The molecule has 1 atom stereocenters. The molecule has 4 N–H and O–H groups in total. The average Bonchev–Trinajstić information content (AvgIpc) is 3.25. The summed E-state index contributed by atoms with van der Waals surface area (Å²) in [6, 6.07) is 18.5. The topological polar surface area (TPSA) is 90.0 Å². The van der Waals surface area contributed by atoms with Crippen molar-refractivity contribution in [2.24, 2.45) is 0 Å². The van der Waals surface area contributed by atoms with Crippen LogP contribution >= 0.6 is 0 Å². The maximum Gasteiger partial charge on any atom is 0.252 e. The Bertz CT molecular complexity index is 1200. The predicted molar refractivity (Wildman–Crippen MR) is 110 cm³/mol. The molecular formula is C23H20N4O2. The van der Waals surface area contributed by atoms with Crippen molar-refractivity contribution in [2.45, 2.75) is 19.1 Å². The molecule has 29 heavy (non-hydrogen) atoms. The number of nitrogens with one attached hydrogen (secondary N) is 3. The van der Waals surface area contributed by atoms with E-state index in [1.54, 1.807) is 24.4 Å². The number of hydrogen-bond donors (Lipinski definition) is 4. The molecule has 5 rings (SSSR count). The number of H-pyrrole nitrogens is 1. The number of aromatic hydroxyl groups is 1. The first-order valence-electron chi connectivity index (χ1n) is 9.54. The van der Waals surface area contributed by atoms with Crippen LogP contribution in [0.3, 0.4) is 0 Å². The van der Waals surface area contributed by atoms with Gasteiger partial charge in [0.05, 0.1) is 11.7 Å². The third-order valence-corrected chi connectivity index (χ3v) is 5.32. The number of carbonyl (C=O) groups is 1. The van der Waals surface area contributed by atoms with E-state index in [9.17, 15) is 9.90 Å². The van der Waals surface area contributed by atoms with E-state index in [0.29, 0.717) is 18.7 Å². The molecule has 2 aromatic heterocycles. The molecule has 0 spiro atoms. The molecule has 0 aliphatic carbocycles. The Labute approximate surface area is 167 Å². The van der Waals surface area contributed by atoms with Crippen molar-refractivity contribution in [3.05, 3.63) is 94.9 Å². The molecule has 144 valence electrons. The summed E-state index contributed by atoms with van der Waals surface area (Å²) in [5, 5.41) is 17.6. The lowest BCUT2D eigenvalue weighted by atomic mass is 9.95. The lowest BCUT2D eigenvalue weighted by Crippen LogP contribution is -2.22. The zero-order valence-corrected chi connectivity index (χ0v) is 15.6. The summed E-state index contributed by atoms with van der Waals surface area (Å²) in [6.07, 6.45) is 1.78. The van der Waals surface area contributed by atoms with Crippen LogP contribution < -0.4 is 10.6 Å². The summed E-state index contributed by atoms with van der Waals surface area (Å²) in [6.45, 7) is 1.24. The van der Waals surface area contributed by atoms with E-state index >= 15 is 0 Å². The zero-order valence-electron chi connectivity index (χ0n) is 15.6. The van der Waals surface area contributed by atoms with Crippen LogP contribution in [0, 0.1) is 0 Å². The van der Waals surface area contributed by atoms with Crippen LogP contribution in [-0.4, -0.2) is 21.0 Å². The van der Waals surface area contributed by atoms with Gasteiger partial charge in [-0.05, 0) is 42.0 Å². The van der Waals surface area contributed by atoms with E-state index < -0.39 is 0 Å². The van der Waals surface area contributed by atoms with Crippen LogP contribution in [0.2, 0.25) is 0 Å².